The molecular weight excluding hydrogens is 441 g/mol. The van der Waals surface area contributed by atoms with Gasteiger partial charge in [-0.2, -0.15) is 0 Å². The Morgan fingerprint density at radius 3 is 2.97 bits per heavy atom. The summed E-state index contributed by atoms with van der Waals surface area (Å²) in [6, 6.07) is 6.47. The number of nitrogens with zero attached hydrogens (tertiary/aromatic N) is 4. The third kappa shape index (κ3) is 4.12. The van der Waals surface area contributed by atoms with E-state index >= 15 is 0 Å². The Bertz CT molecular complexity index is 1360. The van der Waals surface area contributed by atoms with Crippen LogP contribution >= 0.6 is 0 Å². The SMILES string of the molecule is C=C1COc2ccc(N3C[C@H](CNCCc4c(F)ccc5ncc(=O)n(C)c45)OC3=O)nc2C1. The summed E-state index contributed by atoms with van der Waals surface area (Å²) in [5, 5.41) is 3.22. The number of hydrogen-bond acceptors (Lipinski definition) is 7. The molecule has 0 aliphatic carbocycles. The van der Waals surface area contributed by atoms with Crippen LogP contribution in [0.5, 0.6) is 5.75 Å². The van der Waals surface area contributed by atoms with E-state index in [0.29, 0.717) is 67.2 Å². The lowest BCUT2D eigenvalue weighted by Crippen LogP contribution is -2.32. The molecule has 1 N–H and O–H groups in total. The number of benzene rings is 1. The van der Waals surface area contributed by atoms with Crippen LogP contribution in [-0.2, 0) is 24.6 Å². The van der Waals surface area contributed by atoms with Crippen molar-refractivity contribution in [1.29, 1.82) is 0 Å². The van der Waals surface area contributed by atoms with Crippen molar-refractivity contribution in [2.24, 2.45) is 7.05 Å². The van der Waals surface area contributed by atoms with E-state index in [1.165, 1.54) is 21.7 Å². The van der Waals surface area contributed by atoms with Gasteiger partial charge < -0.3 is 19.4 Å². The van der Waals surface area contributed by atoms with E-state index in [2.05, 4.69) is 21.9 Å². The van der Waals surface area contributed by atoms with Crippen molar-refractivity contribution in [2.75, 3.05) is 31.1 Å². The van der Waals surface area contributed by atoms with Crippen molar-refractivity contribution in [3.63, 3.8) is 0 Å². The maximum absolute atomic E-state index is 14.5. The van der Waals surface area contributed by atoms with Crippen LogP contribution in [0.15, 0.2) is 47.4 Å². The van der Waals surface area contributed by atoms with E-state index in [1.54, 1.807) is 19.2 Å². The van der Waals surface area contributed by atoms with Gasteiger partial charge in [-0.25, -0.2) is 19.2 Å². The molecule has 34 heavy (non-hydrogen) atoms. The molecule has 1 atom stereocenters. The fourth-order valence-corrected chi connectivity index (χ4v) is 4.28. The zero-order chi connectivity index (χ0) is 23.8. The molecule has 2 aromatic heterocycles. The molecule has 1 aromatic carbocycles. The monoisotopic (exact) mass is 465 g/mol. The van der Waals surface area contributed by atoms with Gasteiger partial charge >= 0.3 is 6.09 Å². The Balaban J connectivity index is 1.21. The van der Waals surface area contributed by atoms with Crippen LogP contribution in [0.4, 0.5) is 15.0 Å². The second kappa shape index (κ2) is 8.86. The molecule has 2 aliphatic rings. The van der Waals surface area contributed by atoms with Crippen LogP contribution in [0.25, 0.3) is 11.0 Å². The summed E-state index contributed by atoms with van der Waals surface area (Å²) in [4.78, 5) is 34.6. The molecule has 0 unspecified atom stereocenters. The van der Waals surface area contributed by atoms with E-state index in [0.717, 1.165) is 11.3 Å². The Morgan fingerprint density at radius 2 is 2.12 bits per heavy atom. The summed E-state index contributed by atoms with van der Waals surface area (Å²) in [6.45, 7) is 5.60. The molecule has 176 valence electrons. The van der Waals surface area contributed by atoms with E-state index in [4.69, 9.17) is 9.47 Å². The molecule has 2 aliphatic heterocycles. The molecule has 4 heterocycles. The van der Waals surface area contributed by atoms with Gasteiger partial charge in [-0.15, -0.1) is 0 Å². The van der Waals surface area contributed by atoms with Gasteiger partial charge in [-0.3, -0.25) is 9.69 Å². The highest BCUT2D eigenvalue weighted by atomic mass is 19.1. The molecule has 3 aromatic rings. The zero-order valence-electron chi connectivity index (χ0n) is 18.7. The lowest BCUT2D eigenvalue weighted by molar-refractivity contribution is 0.140. The Hall–Kier alpha value is -3.79. The smallest absolute Gasteiger partial charge is 0.415 e. The second-order valence-corrected chi connectivity index (χ2v) is 8.45. The van der Waals surface area contributed by atoms with E-state index in [1.807, 2.05) is 6.07 Å². The number of aromatic nitrogens is 3. The second-order valence-electron chi connectivity index (χ2n) is 8.45. The summed E-state index contributed by atoms with van der Waals surface area (Å²) in [7, 11) is 1.60. The fraction of sp³-hybridized carbons (Fsp3) is 0.333. The maximum atomic E-state index is 14.5. The van der Waals surface area contributed by atoms with E-state index in [-0.39, 0.29) is 17.5 Å². The molecule has 1 amide bonds. The predicted molar refractivity (Wildman–Crippen MR) is 124 cm³/mol. The number of pyridine rings is 1. The Morgan fingerprint density at radius 1 is 1.26 bits per heavy atom. The number of halogens is 1. The number of nitrogens with one attached hydrogen (secondary N) is 1. The van der Waals surface area contributed by atoms with Gasteiger partial charge in [-0.1, -0.05) is 6.58 Å². The fourth-order valence-electron chi connectivity index (χ4n) is 4.28. The standard InChI is InChI=1S/C24H24FN5O4/c1-14-9-19-20(33-13-14)5-6-21(28-19)30-12-15(34-24(30)32)10-26-8-7-16-17(25)3-4-18-23(16)29(2)22(31)11-27-18/h3-6,11,15,26H,1,7-10,12-13H2,2H3/t15-/m0/s1. The van der Waals surface area contributed by atoms with Gasteiger partial charge in [-0.05, 0) is 42.8 Å². The molecule has 10 heteroatoms. The third-order valence-electron chi connectivity index (χ3n) is 6.03. The van der Waals surface area contributed by atoms with Crippen LogP contribution in [0.2, 0.25) is 0 Å². The first kappa shape index (κ1) is 22.0. The number of rotatable bonds is 6. The minimum atomic E-state index is -0.462. The van der Waals surface area contributed by atoms with Crippen molar-refractivity contribution in [3.05, 3.63) is 70.0 Å². The highest BCUT2D eigenvalue weighted by Crippen LogP contribution is 2.29. The number of hydrogen-bond donors (Lipinski definition) is 1. The lowest BCUT2D eigenvalue weighted by Gasteiger charge is -2.20. The highest BCUT2D eigenvalue weighted by molar-refractivity contribution is 5.88. The Kier molecular flexibility index (Phi) is 5.74. The number of cyclic esters (lactones) is 1. The minimum absolute atomic E-state index is 0.295. The van der Waals surface area contributed by atoms with Crippen molar-refractivity contribution < 1.29 is 18.7 Å². The van der Waals surface area contributed by atoms with Crippen LogP contribution in [0.1, 0.15) is 11.3 Å². The largest absolute Gasteiger partial charge is 0.487 e. The summed E-state index contributed by atoms with van der Waals surface area (Å²) in [6.07, 6.45) is 1.35. The topological polar surface area (TPSA) is 98.6 Å². The summed E-state index contributed by atoms with van der Waals surface area (Å²) in [5.74, 6) is 0.826. The molecule has 1 fully saturated rings. The third-order valence-corrected chi connectivity index (χ3v) is 6.03. The van der Waals surface area contributed by atoms with E-state index < -0.39 is 6.09 Å². The molecule has 9 nitrogen and oxygen atoms in total. The molecule has 0 saturated carbocycles. The first-order valence-electron chi connectivity index (χ1n) is 11.0. The molecule has 0 bridgehead atoms. The van der Waals surface area contributed by atoms with Gasteiger partial charge in [0, 0.05) is 25.6 Å². The Labute approximate surface area is 194 Å². The van der Waals surface area contributed by atoms with Gasteiger partial charge in [0.1, 0.15) is 30.1 Å². The van der Waals surface area contributed by atoms with Crippen molar-refractivity contribution in [1.82, 2.24) is 19.9 Å². The van der Waals surface area contributed by atoms with Gasteiger partial charge in [0.05, 0.1) is 29.5 Å². The van der Waals surface area contributed by atoms with Gasteiger partial charge in [0.2, 0.25) is 0 Å². The van der Waals surface area contributed by atoms with E-state index in [9.17, 15) is 14.0 Å². The first-order valence-corrected chi connectivity index (χ1v) is 11.0. The van der Waals surface area contributed by atoms with Gasteiger partial charge in [0.15, 0.2) is 0 Å². The van der Waals surface area contributed by atoms with Crippen molar-refractivity contribution >= 4 is 22.9 Å². The summed E-state index contributed by atoms with van der Waals surface area (Å²) < 4.78 is 27.0. The zero-order valence-corrected chi connectivity index (χ0v) is 18.7. The maximum Gasteiger partial charge on any atom is 0.415 e. The highest BCUT2D eigenvalue weighted by Gasteiger charge is 2.33. The number of carbonyl (C=O) groups is 1. The van der Waals surface area contributed by atoms with Crippen LogP contribution in [0.3, 0.4) is 0 Å². The van der Waals surface area contributed by atoms with Crippen molar-refractivity contribution in [3.8, 4) is 5.75 Å². The molecule has 0 radical (unpaired) electrons. The number of aryl methyl sites for hydroxylation is 1. The molecule has 5 rings (SSSR count). The number of ether oxygens (including phenoxy) is 2. The predicted octanol–water partition coefficient (Wildman–Crippen LogP) is 2.12. The average Bonchev–Trinajstić information content (AvgIpc) is 3.20. The molecule has 1 saturated heterocycles. The first-order chi connectivity index (χ1) is 16.4. The summed E-state index contributed by atoms with van der Waals surface area (Å²) in [5.41, 5.74) is 2.86. The normalized spacial score (nSPS) is 17.6. The minimum Gasteiger partial charge on any atom is -0.487 e. The summed E-state index contributed by atoms with van der Waals surface area (Å²) >= 11 is 0. The number of anilines is 1. The van der Waals surface area contributed by atoms with Crippen LogP contribution in [0, 0.1) is 5.82 Å². The molecule has 0 spiro atoms. The van der Waals surface area contributed by atoms with Gasteiger partial charge in [0.25, 0.3) is 5.56 Å². The number of fused-ring (bicyclic) bond motifs is 2. The number of carbonyl (C=O) groups excluding carboxylic acids is 1. The molecular formula is C24H24FN5O4. The van der Waals surface area contributed by atoms with Crippen LogP contribution < -0.4 is 20.5 Å². The quantitative estimate of drug-likeness (QED) is 0.440. The van der Waals surface area contributed by atoms with Crippen molar-refractivity contribution in [2.45, 2.75) is 18.9 Å². The van der Waals surface area contributed by atoms with Crippen LogP contribution in [-0.4, -0.2) is 53.0 Å². The lowest BCUT2D eigenvalue weighted by atomic mass is 10.1. The average molecular weight is 465 g/mol. The number of amides is 1.